The van der Waals surface area contributed by atoms with Gasteiger partial charge in [-0.05, 0) is 30.7 Å². The molecule has 1 atom stereocenters. The van der Waals surface area contributed by atoms with Crippen LogP contribution in [0.3, 0.4) is 0 Å². The lowest BCUT2D eigenvalue weighted by Crippen LogP contribution is -2.01. The lowest BCUT2D eigenvalue weighted by molar-refractivity contribution is 0.0448. The van der Waals surface area contributed by atoms with E-state index in [0.29, 0.717) is 16.9 Å². The Kier molecular flexibility index (Phi) is 2.97. The van der Waals surface area contributed by atoms with Gasteiger partial charge in [0.2, 0.25) is 0 Å². The Balaban J connectivity index is 2.23. The van der Waals surface area contributed by atoms with Crippen LogP contribution in [-0.2, 0) is 4.74 Å². The number of fused-ring (bicyclic) bond motifs is 1. The van der Waals surface area contributed by atoms with Gasteiger partial charge in [-0.3, -0.25) is 0 Å². The number of hydrogen-bond donors (Lipinski definition) is 2. The highest BCUT2D eigenvalue weighted by atomic mass is 16.6. The highest BCUT2D eigenvalue weighted by molar-refractivity contribution is 5.98. The van der Waals surface area contributed by atoms with Crippen LogP contribution in [0, 0.1) is 6.92 Å². The van der Waals surface area contributed by atoms with Crippen molar-refractivity contribution in [2.45, 2.75) is 13.0 Å². The predicted molar refractivity (Wildman–Crippen MR) is 74.8 cm³/mol. The number of methoxy groups -OCH3 is 1. The Morgan fingerprint density at radius 1 is 1.19 bits per heavy atom. The van der Waals surface area contributed by atoms with Crippen LogP contribution in [-0.4, -0.2) is 23.3 Å². The van der Waals surface area contributed by atoms with Gasteiger partial charge in [-0.25, -0.2) is 4.79 Å². The van der Waals surface area contributed by atoms with Gasteiger partial charge in [0.15, 0.2) is 6.10 Å². The number of aromatic hydroxyl groups is 2. The molecule has 0 fully saturated rings. The minimum absolute atomic E-state index is 0.124. The molecule has 0 aliphatic carbocycles. The lowest BCUT2D eigenvalue weighted by atomic mass is 9.95. The van der Waals surface area contributed by atoms with Crippen molar-refractivity contribution in [3.63, 3.8) is 0 Å². The molecular formula is C16H14O5. The van der Waals surface area contributed by atoms with Gasteiger partial charge in [-0.15, -0.1) is 0 Å². The smallest absolute Gasteiger partial charge is 0.343 e. The molecule has 1 aliphatic heterocycles. The number of carbonyl (C=O) groups excluding carboxylic acids is 1. The highest BCUT2D eigenvalue weighted by Crippen LogP contribution is 2.46. The molecule has 2 aromatic carbocycles. The Bertz CT molecular complexity index is 715. The van der Waals surface area contributed by atoms with E-state index in [4.69, 9.17) is 9.47 Å². The zero-order valence-corrected chi connectivity index (χ0v) is 11.6. The summed E-state index contributed by atoms with van der Waals surface area (Å²) in [7, 11) is 1.48. The maximum atomic E-state index is 12.1. The van der Waals surface area contributed by atoms with Crippen molar-refractivity contribution in [2.75, 3.05) is 7.11 Å². The standard InChI is InChI=1S/C16H14O5/c1-8-6-9-13(12(7-8)20-2)16(19)21-15(9)14-10(17)4-3-5-11(14)18/h3-7,15,17-18H,1-2H3. The summed E-state index contributed by atoms with van der Waals surface area (Å²) in [5, 5.41) is 20.0. The van der Waals surface area contributed by atoms with Crippen molar-refractivity contribution in [2.24, 2.45) is 0 Å². The summed E-state index contributed by atoms with van der Waals surface area (Å²) < 4.78 is 10.6. The maximum Gasteiger partial charge on any atom is 0.343 e. The molecule has 21 heavy (non-hydrogen) atoms. The normalized spacial score (nSPS) is 16.5. The van der Waals surface area contributed by atoms with Gasteiger partial charge in [0, 0.05) is 5.56 Å². The van der Waals surface area contributed by atoms with E-state index < -0.39 is 12.1 Å². The van der Waals surface area contributed by atoms with Crippen molar-refractivity contribution in [1.82, 2.24) is 0 Å². The molecule has 1 heterocycles. The van der Waals surface area contributed by atoms with Gasteiger partial charge in [0.1, 0.15) is 22.8 Å². The van der Waals surface area contributed by atoms with Crippen LogP contribution in [0.5, 0.6) is 17.2 Å². The number of carbonyl (C=O) groups is 1. The Labute approximate surface area is 121 Å². The van der Waals surface area contributed by atoms with Crippen molar-refractivity contribution in [3.8, 4) is 17.2 Å². The topological polar surface area (TPSA) is 76.0 Å². The maximum absolute atomic E-state index is 12.1. The summed E-state index contributed by atoms with van der Waals surface area (Å²) in [6, 6.07) is 7.93. The summed E-state index contributed by atoms with van der Waals surface area (Å²) >= 11 is 0. The number of phenols is 2. The third-order valence-electron chi connectivity index (χ3n) is 3.53. The second-order valence-corrected chi connectivity index (χ2v) is 4.93. The number of aryl methyl sites for hydroxylation is 1. The van der Waals surface area contributed by atoms with Gasteiger partial charge < -0.3 is 19.7 Å². The second-order valence-electron chi connectivity index (χ2n) is 4.93. The quantitative estimate of drug-likeness (QED) is 0.830. The number of rotatable bonds is 2. The number of hydrogen-bond acceptors (Lipinski definition) is 5. The fraction of sp³-hybridized carbons (Fsp3) is 0.188. The fourth-order valence-electron chi connectivity index (χ4n) is 2.62. The van der Waals surface area contributed by atoms with Gasteiger partial charge in [-0.1, -0.05) is 12.1 Å². The molecule has 0 spiro atoms. The zero-order valence-electron chi connectivity index (χ0n) is 11.6. The number of cyclic esters (lactones) is 1. The van der Waals surface area contributed by atoms with Crippen LogP contribution in [0.25, 0.3) is 0 Å². The molecule has 3 rings (SSSR count). The molecule has 0 radical (unpaired) electrons. The van der Waals surface area contributed by atoms with Crippen molar-refractivity contribution < 1.29 is 24.5 Å². The van der Waals surface area contributed by atoms with E-state index >= 15 is 0 Å². The Morgan fingerprint density at radius 2 is 1.86 bits per heavy atom. The van der Waals surface area contributed by atoms with Crippen molar-refractivity contribution >= 4 is 5.97 Å². The number of ether oxygens (including phenoxy) is 2. The molecule has 108 valence electrons. The van der Waals surface area contributed by atoms with Crippen LogP contribution < -0.4 is 4.74 Å². The van der Waals surface area contributed by atoms with Gasteiger partial charge >= 0.3 is 5.97 Å². The number of esters is 1. The second kappa shape index (κ2) is 4.70. The number of benzene rings is 2. The molecule has 1 unspecified atom stereocenters. The molecule has 5 nitrogen and oxygen atoms in total. The SMILES string of the molecule is COc1cc(C)cc2c1C(=O)OC2c1c(O)cccc1O. The van der Waals surface area contributed by atoms with Crippen molar-refractivity contribution in [3.05, 3.63) is 52.6 Å². The predicted octanol–water partition coefficient (Wildman–Crippen LogP) is 2.67. The lowest BCUT2D eigenvalue weighted by Gasteiger charge is -2.15. The molecule has 2 N–H and O–H groups in total. The molecule has 0 bridgehead atoms. The summed E-state index contributed by atoms with van der Waals surface area (Å²) in [5.41, 5.74) is 1.98. The molecular weight excluding hydrogens is 272 g/mol. The summed E-state index contributed by atoms with van der Waals surface area (Å²) in [5.74, 6) is -0.357. The molecule has 5 heteroatoms. The third-order valence-corrected chi connectivity index (χ3v) is 3.53. The molecule has 2 aromatic rings. The van der Waals surface area contributed by atoms with Crippen LogP contribution in [0.15, 0.2) is 30.3 Å². The minimum Gasteiger partial charge on any atom is -0.507 e. The van der Waals surface area contributed by atoms with E-state index in [2.05, 4.69) is 0 Å². The minimum atomic E-state index is -0.845. The first-order chi connectivity index (χ1) is 10.0. The summed E-state index contributed by atoms with van der Waals surface area (Å²) in [6.07, 6.45) is -0.845. The third kappa shape index (κ3) is 1.98. The fourth-order valence-corrected chi connectivity index (χ4v) is 2.62. The first-order valence-electron chi connectivity index (χ1n) is 6.43. The molecule has 1 aliphatic rings. The van der Waals surface area contributed by atoms with E-state index in [1.807, 2.05) is 6.92 Å². The number of phenolic OH excluding ortho intramolecular Hbond substituents is 2. The Morgan fingerprint density at radius 3 is 2.48 bits per heavy atom. The van der Waals surface area contributed by atoms with Crippen LogP contribution >= 0.6 is 0 Å². The largest absolute Gasteiger partial charge is 0.507 e. The zero-order chi connectivity index (χ0) is 15.1. The summed E-state index contributed by atoms with van der Waals surface area (Å²) in [4.78, 5) is 12.1. The average Bonchev–Trinajstić information content (AvgIpc) is 2.75. The van der Waals surface area contributed by atoms with E-state index in [0.717, 1.165) is 5.56 Å². The average molecular weight is 286 g/mol. The molecule has 0 saturated carbocycles. The van der Waals surface area contributed by atoms with E-state index in [9.17, 15) is 15.0 Å². The first-order valence-corrected chi connectivity index (χ1v) is 6.43. The van der Waals surface area contributed by atoms with E-state index in [1.165, 1.54) is 25.3 Å². The highest BCUT2D eigenvalue weighted by Gasteiger charge is 2.38. The van der Waals surface area contributed by atoms with E-state index in [-0.39, 0.29) is 17.1 Å². The molecule has 0 amide bonds. The molecule has 0 aromatic heterocycles. The Hall–Kier alpha value is -2.69. The van der Waals surface area contributed by atoms with Crippen LogP contribution in [0.1, 0.15) is 33.2 Å². The van der Waals surface area contributed by atoms with Gasteiger partial charge in [-0.2, -0.15) is 0 Å². The monoisotopic (exact) mass is 286 g/mol. The summed E-state index contributed by atoms with van der Waals surface area (Å²) in [6.45, 7) is 1.87. The first kappa shape index (κ1) is 13.3. The van der Waals surface area contributed by atoms with E-state index in [1.54, 1.807) is 12.1 Å². The van der Waals surface area contributed by atoms with Gasteiger partial charge in [0.25, 0.3) is 0 Å². The van der Waals surface area contributed by atoms with Crippen molar-refractivity contribution in [1.29, 1.82) is 0 Å². The van der Waals surface area contributed by atoms with Crippen LogP contribution in [0.4, 0.5) is 0 Å². The molecule has 0 saturated heterocycles. The van der Waals surface area contributed by atoms with Crippen LogP contribution in [0.2, 0.25) is 0 Å². The van der Waals surface area contributed by atoms with Gasteiger partial charge in [0.05, 0.1) is 12.7 Å².